The van der Waals surface area contributed by atoms with Crippen LogP contribution >= 0.6 is 0 Å². The van der Waals surface area contributed by atoms with Crippen LogP contribution in [0.25, 0.3) is 0 Å². The maximum atomic E-state index is 11.5. The van der Waals surface area contributed by atoms with Crippen molar-refractivity contribution in [2.45, 2.75) is 25.3 Å². The monoisotopic (exact) mass is 315 g/mol. The van der Waals surface area contributed by atoms with Crippen LogP contribution in [0.5, 0.6) is 0 Å². The first-order chi connectivity index (χ1) is 9.86. The van der Waals surface area contributed by atoms with Crippen molar-refractivity contribution in [3.8, 4) is 0 Å². The number of urea groups is 1. The number of hydrogen-bond acceptors (Lipinski definition) is 4. The van der Waals surface area contributed by atoms with Crippen molar-refractivity contribution in [1.29, 1.82) is 0 Å². The van der Waals surface area contributed by atoms with E-state index in [-0.39, 0.29) is 24.4 Å². The van der Waals surface area contributed by atoms with Gasteiger partial charge in [-0.3, -0.25) is 0 Å². The number of carbonyl (C=O) groups is 1. The fraction of sp³-hybridized carbons (Fsp3) is 0.462. The molecule has 0 aromatic heterocycles. The third-order valence-electron chi connectivity index (χ3n) is 2.80. The van der Waals surface area contributed by atoms with Crippen LogP contribution in [0.4, 0.5) is 4.79 Å². The van der Waals surface area contributed by atoms with E-state index in [0.29, 0.717) is 12.1 Å². The summed E-state index contributed by atoms with van der Waals surface area (Å²) >= 11 is 0. The van der Waals surface area contributed by atoms with Gasteiger partial charge < -0.3 is 15.7 Å². The van der Waals surface area contributed by atoms with Gasteiger partial charge in [0.2, 0.25) is 10.0 Å². The van der Waals surface area contributed by atoms with Crippen molar-refractivity contribution in [2.75, 3.05) is 13.7 Å². The maximum absolute atomic E-state index is 11.5. The van der Waals surface area contributed by atoms with Crippen LogP contribution in [-0.4, -0.2) is 39.3 Å². The van der Waals surface area contributed by atoms with Gasteiger partial charge in [0.15, 0.2) is 0 Å². The molecule has 1 aromatic rings. The van der Waals surface area contributed by atoms with Crippen molar-refractivity contribution >= 4 is 16.1 Å². The second-order valence-corrected chi connectivity index (χ2v) is 6.62. The smallest absolute Gasteiger partial charge is 0.315 e. The highest BCUT2D eigenvalue weighted by atomic mass is 32.2. The van der Waals surface area contributed by atoms with E-state index in [1.54, 1.807) is 31.2 Å². The molecular formula is C13H21N3O4S. The van der Waals surface area contributed by atoms with E-state index in [0.717, 1.165) is 5.56 Å². The van der Waals surface area contributed by atoms with Crippen LogP contribution in [0, 0.1) is 0 Å². The van der Waals surface area contributed by atoms with Gasteiger partial charge in [-0.1, -0.05) is 24.3 Å². The molecule has 7 nitrogen and oxygen atoms in total. The lowest BCUT2D eigenvalue weighted by molar-refractivity contribution is 0.220. The number of benzene rings is 1. The minimum absolute atomic E-state index is 0.0777. The van der Waals surface area contributed by atoms with Crippen LogP contribution in [0.2, 0.25) is 0 Å². The molecule has 21 heavy (non-hydrogen) atoms. The zero-order valence-corrected chi connectivity index (χ0v) is 12.9. The summed E-state index contributed by atoms with van der Waals surface area (Å²) < 4.78 is 25.1. The van der Waals surface area contributed by atoms with E-state index in [1.807, 2.05) is 0 Å². The topological polar surface area (TPSA) is 108 Å². The highest BCUT2D eigenvalue weighted by Gasteiger charge is 2.08. The molecule has 0 unspecified atom stereocenters. The molecule has 0 aliphatic heterocycles. The SMILES string of the molecule is CNS(=O)(=O)Cc1ccc(CNC(=O)N[C@@H](C)CO)cc1. The number of aliphatic hydroxyl groups is 1. The first-order valence-electron chi connectivity index (χ1n) is 6.50. The quantitative estimate of drug-likeness (QED) is 0.564. The molecule has 0 saturated heterocycles. The Morgan fingerprint density at radius 1 is 1.24 bits per heavy atom. The lowest BCUT2D eigenvalue weighted by Crippen LogP contribution is -2.41. The number of carbonyl (C=O) groups excluding carboxylic acids is 1. The molecule has 2 amide bonds. The number of amides is 2. The van der Waals surface area contributed by atoms with E-state index in [9.17, 15) is 13.2 Å². The minimum Gasteiger partial charge on any atom is -0.394 e. The van der Waals surface area contributed by atoms with Gasteiger partial charge in [-0.15, -0.1) is 0 Å². The first-order valence-corrected chi connectivity index (χ1v) is 8.16. The zero-order valence-electron chi connectivity index (χ0n) is 12.1. The van der Waals surface area contributed by atoms with Gasteiger partial charge >= 0.3 is 6.03 Å². The Bertz CT molecular complexity index is 557. The van der Waals surface area contributed by atoms with Crippen molar-refractivity contribution in [1.82, 2.24) is 15.4 Å². The van der Waals surface area contributed by atoms with Gasteiger partial charge in [0.25, 0.3) is 0 Å². The molecule has 118 valence electrons. The predicted octanol–water partition coefficient (Wildman–Crippen LogP) is -0.0842. The van der Waals surface area contributed by atoms with Gasteiger partial charge in [0, 0.05) is 6.54 Å². The summed E-state index contributed by atoms with van der Waals surface area (Å²) in [6.07, 6.45) is 0. The second kappa shape index (κ2) is 7.96. The molecule has 0 spiro atoms. The number of nitrogens with one attached hydrogen (secondary N) is 3. The highest BCUT2D eigenvalue weighted by molar-refractivity contribution is 7.88. The summed E-state index contributed by atoms with van der Waals surface area (Å²) in [6.45, 7) is 1.89. The van der Waals surface area contributed by atoms with Gasteiger partial charge in [0.05, 0.1) is 18.4 Å². The molecule has 0 radical (unpaired) electrons. The number of hydrogen-bond donors (Lipinski definition) is 4. The van der Waals surface area contributed by atoms with Crippen LogP contribution in [0.3, 0.4) is 0 Å². The van der Waals surface area contributed by atoms with Crippen LogP contribution in [0.15, 0.2) is 24.3 Å². The average molecular weight is 315 g/mol. The van der Waals surface area contributed by atoms with Crippen molar-refractivity contribution < 1.29 is 18.3 Å². The van der Waals surface area contributed by atoms with Crippen LogP contribution < -0.4 is 15.4 Å². The standard InChI is InChI=1S/C13H21N3O4S/c1-10(8-17)16-13(18)15-7-11-3-5-12(6-4-11)9-21(19,20)14-2/h3-6,10,14,17H,7-9H2,1-2H3,(H2,15,16,18)/t10-/m0/s1. The molecule has 0 saturated carbocycles. The first kappa shape index (κ1) is 17.4. The Kier molecular flexibility index (Phi) is 6.60. The largest absolute Gasteiger partial charge is 0.394 e. The van der Waals surface area contributed by atoms with E-state index < -0.39 is 10.0 Å². The predicted molar refractivity (Wildman–Crippen MR) is 80.0 cm³/mol. The van der Waals surface area contributed by atoms with Gasteiger partial charge in [-0.05, 0) is 25.1 Å². The second-order valence-electron chi connectivity index (χ2n) is 4.69. The van der Waals surface area contributed by atoms with Crippen molar-refractivity contribution in [3.05, 3.63) is 35.4 Å². The molecule has 0 heterocycles. The molecule has 0 aliphatic carbocycles. The molecule has 1 atom stereocenters. The Labute approximate surface area is 124 Å². The summed E-state index contributed by atoms with van der Waals surface area (Å²) in [6, 6.07) is 6.27. The third-order valence-corrected chi connectivity index (χ3v) is 4.13. The summed E-state index contributed by atoms with van der Waals surface area (Å²) in [4.78, 5) is 11.5. The normalized spacial score (nSPS) is 12.7. The molecule has 1 aromatic carbocycles. The summed E-state index contributed by atoms with van der Waals surface area (Å²) in [5, 5.41) is 14.0. The van der Waals surface area contributed by atoms with Crippen molar-refractivity contribution in [2.24, 2.45) is 0 Å². The Balaban J connectivity index is 2.50. The van der Waals surface area contributed by atoms with Crippen LogP contribution in [0.1, 0.15) is 18.1 Å². The van der Waals surface area contributed by atoms with E-state index in [2.05, 4.69) is 15.4 Å². The Morgan fingerprint density at radius 2 is 1.81 bits per heavy atom. The molecule has 1 rings (SSSR count). The molecule has 4 N–H and O–H groups in total. The van der Waals surface area contributed by atoms with Gasteiger partial charge in [-0.2, -0.15) is 0 Å². The van der Waals surface area contributed by atoms with Gasteiger partial charge in [-0.25, -0.2) is 17.9 Å². The lowest BCUT2D eigenvalue weighted by atomic mass is 10.1. The fourth-order valence-corrected chi connectivity index (χ4v) is 2.32. The highest BCUT2D eigenvalue weighted by Crippen LogP contribution is 2.07. The average Bonchev–Trinajstić information content (AvgIpc) is 2.46. The van der Waals surface area contributed by atoms with E-state index in [1.165, 1.54) is 7.05 Å². The summed E-state index contributed by atoms with van der Waals surface area (Å²) in [5.74, 6) is -0.0777. The molecular weight excluding hydrogens is 294 g/mol. The lowest BCUT2D eigenvalue weighted by Gasteiger charge is -2.12. The molecule has 0 aliphatic rings. The summed E-state index contributed by atoms with van der Waals surface area (Å²) in [5.41, 5.74) is 1.53. The number of rotatable bonds is 7. The molecule has 0 bridgehead atoms. The Hall–Kier alpha value is -1.64. The molecule has 0 fully saturated rings. The number of aliphatic hydroxyl groups excluding tert-OH is 1. The number of sulfonamides is 1. The summed E-state index contributed by atoms with van der Waals surface area (Å²) in [7, 11) is -1.91. The minimum atomic E-state index is -3.28. The van der Waals surface area contributed by atoms with Crippen LogP contribution in [-0.2, 0) is 22.3 Å². The van der Waals surface area contributed by atoms with E-state index in [4.69, 9.17) is 5.11 Å². The Morgan fingerprint density at radius 3 is 2.33 bits per heavy atom. The zero-order chi connectivity index (χ0) is 15.9. The fourth-order valence-electron chi connectivity index (χ4n) is 1.55. The van der Waals surface area contributed by atoms with Crippen molar-refractivity contribution in [3.63, 3.8) is 0 Å². The van der Waals surface area contributed by atoms with Gasteiger partial charge in [0.1, 0.15) is 0 Å². The van der Waals surface area contributed by atoms with E-state index >= 15 is 0 Å². The maximum Gasteiger partial charge on any atom is 0.315 e. The third kappa shape index (κ3) is 6.56. The molecule has 8 heteroatoms.